The van der Waals surface area contributed by atoms with E-state index in [9.17, 15) is 4.79 Å². The number of anilines is 1. The molecule has 0 aliphatic carbocycles. The van der Waals surface area contributed by atoms with E-state index in [-0.39, 0.29) is 5.91 Å². The molecule has 1 N–H and O–H groups in total. The largest absolute Gasteiger partial charge is 0.315 e. The number of amides is 1. The van der Waals surface area contributed by atoms with Gasteiger partial charge < -0.3 is 10.2 Å². The molecule has 4 nitrogen and oxygen atoms in total. The smallest absolute Gasteiger partial charge is 0.241 e. The Balaban J connectivity index is 1.95. The van der Waals surface area contributed by atoms with Crippen LogP contribution in [0.3, 0.4) is 0 Å². The van der Waals surface area contributed by atoms with Crippen molar-refractivity contribution in [2.45, 2.75) is 25.9 Å². The molecule has 3 rings (SSSR count). The minimum atomic E-state index is 0.167. The number of halogens is 1. The van der Waals surface area contributed by atoms with Crippen molar-refractivity contribution in [3.63, 3.8) is 0 Å². The zero-order chi connectivity index (χ0) is 14.1. The fourth-order valence-corrected chi connectivity index (χ4v) is 3.31. The molecular formula is C15H20ClN3O. The lowest BCUT2D eigenvalue weighted by Crippen LogP contribution is -2.42. The van der Waals surface area contributed by atoms with Crippen LogP contribution in [0.15, 0.2) is 18.2 Å². The number of rotatable bonds is 2. The highest BCUT2D eigenvalue weighted by Gasteiger charge is 2.30. The number of hydrogen-bond donors (Lipinski definition) is 1. The van der Waals surface area contributed by atoms with Crippen molar-refractivity contribution in [1.29, 1.82) is 0 Å². The number of nitrogens with one attached hydrogen (secondary N) is 1. The predicted octanol–water partition coefficient (Wildman–Crippen LogP) is 1.87. The summed E-state index contributed by atoms with van der Waals surface area (Å²) in [5.74, 6) is 0.167. The summed E-state index contributed by atoms with van der Waals surface area (Å²) in [5.41, 5.74) is 2.16. The van der Waals surface area contributed by atoms with Crippen LogP contribution < -0.4 is 10.2 Å². The van der Waals surface area contributed by atoms with E-state index in [4.69, 9.17) is 11.6 Å². The SMILES string of the molecule is CCN1C(=O)CN(C2CCNC2)Cc2ccc(Cl)cc21. The lowest BCUT2D eigenvalue weighted by Gasteiger charge is -2.26. The monoisotopic (exact) mass is 293 g/mol. The molecule has 0 aromatic heterocycles. The van der Waals surface area contributed by atoms with E-state index in [0.29, 0.717) is 24.2 Å². The lowest BCUT2D eigenvalue weighted by molar-refractivity contribution is -0.120. The van der Waals surface area contributed by atoms with Crippen molar-refractivity contribution < 1.29 is 4.79 Å². The minimum absolute atomic E-state index is 0.167. The van der Waals surface area contributed by atoms with Crippen LogP contribution in [0.4, 0.5) is 5.69 Å². The maximum atomic E-state index is 12.5. The highest BCUT2D eigenvalue weighted by atomic mass is 35.5. The van der Waals surface area contributed by atoms with Gasteiger partial charge in [0.1, 0.15) is 0 Å². The summed E-state index contributed by atoms with van der Waals surface area (Å²) in [6.45, 7) is 6.02. The number of benzene rings is 1. The van der Waals surface area contributed by atoms with E-state index in [1.165, 1.54) is 5.56 Å². The van der Waals surface area contributed by atoms with Gasteiger partial charge in [-0.1, -0.05) is 17.7 Å². The fraction of sp³-hybridized carbons (Fsp3) is 0.533. The van der Waals surface area contributed by atoms with Crippen LogP contribution in [0.25, 0.3) is 0 Å². The molecule has 0 spiro atoms. The molecule has 2 aliphatic rings. The maximum Gasteiger partial charge on any atom is 0.241 e. The summed E-state index contributed by atoms with van der Waals surface area (Å²) in [4.78, 5) is 16.7. The molecule has 0 bridgehead atoms. The third kappa shape index (κ3) is 2.55. The molecule has 1 amide bonds. The van der Waals surface area contributed by atoms with Gasteiger partial charge in [-0.15, -0.1) is 0 Å². The van der Waals surface area contributed by atoms with Gasteiger partial charge in [0.25, 0.3) is 0 Å². The predicted molar refractivity (Wildman–Crippen MR) is 81.2 cm³/mol. The topological polar surface area (TPSA) is 35.6 Å². The lowest BCUT2D eigenvalue weighted by atomic mass is 10.1. The molecule has 20 heavy (non-hydrogen) atoms. The van der Waals surface area contributed by atoms with Gasteiger partial charge in [0.15, 0.2) is 0 Å². The average Bonchev–Trinajstić information content (AvgIpc) is 2.91. The Morgan fingerprint density at radius 1 is 1.40 bits per heavy atom. The Labute approximate surface area is 124 Å². The normalized spacial score (nSPS) is 23.8. The van der Waals surface area contributed by atoms with Gasteiger partial charge in [-0.25, -0.2) is 0 Å². The summed E-state index contributed by atoms with van der Waals surface area (Å²) in [6, 6.07) is 6.33. The van der Waals surface area contributed by atoms with Crippen molar-refractivity contribution in [3.8, 4) is 0 Å². The van der Waals surface area contributed by atoms with E-state index in [0.717, 1.165) is 31.7 Å². The Hall–Kier alpha value is -1.10. The molecule has 2 heterocycles. The van der Waals surface area contributed by atoms with Gasteiger partial charge in [0, 0.05) is 36.4 Å². The molecule has 1 aromatic rings. The van der Waals surface area contributed by atoms with E-state index in [2.05, 4.69) is 10.2 Å². The van der Waals surface area contributed by atoms with E-state index in [1.54, 1.807) is 0 Å². The van der Waals surface area contributed by atoms with Gasteiger partial charge in [0.2, 0.25) is 5.91 Å². The Kier molecular flexibility index (Phi) is 3.96. The molecule has 0 saturated carbocycles. The van der Waals surface area contributed by atoms with Gasteiger partial charge >= 0.3 is 0 Å². The first-order chi connectivity index (χ1) is 9.69. The second kappa shape index (κ2) is 5.72. The highest BCUT2D eigenvalue weighted by molar-refractivity contribution is 6.31. The van der Waals surface area contributed by atoms with Crippen LogP contribution in [0, 0.1) is 0 Å². The number of fused-ring (bicyclic) bond motifs is 1. The van der Waals surface area contributed by atoms with Crippen LogP contribution >= 0.6 is 11.6 Å². The molecule has 1 atom stereocenters. The first-order valence-electron chi connectivity index (χ1n) is 7.22. The summed E-state index contributed by atoms with van der Waals surface area (Å²) >= 11 is 6.10. The molecule has 2 aliphatic heterocycles. The molecule has 5 heteroatoms. The first-order valence-corrected chi connectivity index (χ1v) is 7.60. The standard InChI is InChI=1S/C15H20ClN3O/c1-2-19-14-7-12(16)4-3-11(14)9-18(10-15(19)20)13-5-6-17-8-13/h3-4,7,13,17H,2,5-6,8-10H2,1H3. The minimum Gasteiger partial charge on any atom is -0.315 e. The molecule has 1 aromatic carbocycles. The second-order valence-electron chi connectivity index (χ2n) is 5.46. The number of hydrogen-bond acceptors (Lipinski definition) is 3. The number of nitrogens with zero attached hydrogens (tertiary/aromatic N) is 2. The van der Waals surface area contributed by atoms with E-state index in [1.807, 2.05) is 30.0 Å². The highest BCUT2D eigenvalue weighted by Crippen LogP contribution is 2.30. The average molecular weight is 294 g/mol. The maximum absolute atomic E-state index is 12.5. The Morgan fingerprint density at radius 3 is 2.95 bits per heavy atom. The van der Waals surface area contributed by atoms with Crippen LogP contribution in [-0.2, 0) is 11.3 Å². The van der Waals surface area contributed by atoms with E-state index < -0.39 is 0 Å². The molecule has 0 radical (unpaired) electrons. The number of likely N-dealkylation sites (N-methyl/N-ethyl adjacent to an activating group) is 1. The zero-order valence-electron chi connectivity index (χ0n) is 11.7. The first kappa shape index (κ1) is 13.9. The van der Waals surface area contributed by atoms with Gasteiger partial charge in [-0.3, -0.25) is 9.69 Å². The summed E-state index contributed by atoms with van der Waals surface area (Å²) in [6.07, 6.45) is 1.11. The van der Waals surface area contributed by atoms with Crippen molar-refractivity contribution in [2.24, 2.45) is 0 Å². The van der Waals surface area contributed by atoms with Crippen molar-refractivity contribution in [1.82, 2.24) is 10.2 Å². The summed E-state index contributed by atoms with van der Waals surface area (Å²) in [7, 11) is 0. The van der Waals surface area contributed by atoms with Crippen LogP contribution in [0.1, 0.15) is 18.9 Å². The third-order valence-electron chi connectivity index (χ3n) is 4.22. The molecule has 108 valence electrons. The summed E-state index contributed by atoms with van der Waals surface area (Å²) < 4.78 is 0. The Bertz CT molecular complexity index is 514. The van der Waals surface area contributed by atoms with E-state index >= 15 is 0 Å². The van der Waals surface area contributed by atoms with Gasteiger partial charge in [-0.2, -0.15) is 0 Å². The van der Waals surface area contributed by atoms with Crippen molar-refractivity contribution in [2.75, 3.05) is 31.1 Å². The third-order valence-corrected chi connectivity index (χ3v) is 4.45. The molecule has 1 saturated heterocycles. The van der Waals surface area contributed by atoms with Crippen LogP contribution in [0.2, 0.25) is 5.02 Å². The molecular weight excluding hydrogens is 274 g/mol. The zero-order valence-corrected chi connectivity index (χ0v) is 12.5. The molecule has 1 fully saturated rings. The number of carbonyl (C=O) groups excluding carboxylic acids is 1. The Morgan fingerprint density at radius 2 is 2.25 bits per heavy atom. The van der Waals surface area contributed by atoms with Crippen LogP contribution in [-0.4, -0.2) is 43.0 Å². The molecule has 1 unspecified atom stereocenters. The fourth-order valence-electron chi connectivity index (χ4n) is 3.15. The van der Waals surface area contributed by atoms with Gasteiger partial charge in [-0.05, 0) is 37.6 Å². The van der Waals surface area contributed by atoms with Gasteiger partial charge in [0.05, 0.1) is 6.54 Å². The summed E-state index contributed by atoms with van der Waals surface area (Å²) in [5, 5.41) is 4.06. The second-order valence-corrected chi connectivity index (χ2v) is 5.90. The van der Waals surface area contributed by atoms with Crippen LogP contribution in [0.5, 0.6) is 0 Å². The number of carbonyl (C=O) groups is 1. The quantitative estimate of drug-likeness (QED) is 0.904. The van der Waals surface area contributed by atoms with Crippen molar-refractivity contribution >= 4 is 23.2 Å². The van der Waals surface area contributed by atoms with Crippen molar-refractivity contribution in [3.05, 3.63) is 28.8 Å².